The van der Waals surface area contributed by atoms with Crippen molar-refractivity contribution in [2.45, 2.75) is 38.8 Å². The number of amides is 1. The van der Waals surface area contributed by atoms with Crippen molar-refractivity contribution < 1.29 is 19.4 Å². The average Bonchev–Trinajstić information content (AvgIpc) is 2.37. The summed E-state index contributed by atoms with van der Waals surface area (Å²) in [6, 6.07) is 4.96. The molecular formula is C15H24N2O4. The van der Waals surface area contributed by atoms with Crippen LogP contribution >= 0.6 is 0 Å². The first-order valence-electron chi connectivity index (χ1n) is 6.81. The number of methoxy groups -OCH3 is 1. The van der Waals surface area contributed by atoms with Gasteiger partial charge in [-0.05, 0) is 44.9 Å². The highest BCUT2D eigenvalue weighted by Gasteiger charge is 2.18. The number of aliphatic hydroxyl groups excluding tert-OH is 1. The van der Waals surface area contributed by atoms with Gasteiger partial charge in [0.15, 0.2) is 0 Å². The third-order valence-electron chi connectivity index (χ3n) is 2.73. The molecule has 118 valence electrons. The van der Waals surface area contributed by atoms with Crippen LogP contribution in [0.4, 0.5) is 10.5 Å². The Kier molecular flexibility index (Phi) is 5.99. The summed E-state index contributed by atoms with van der Waals surface area (Å²) >= 11 is 0. The second-order valence-electron chi connectivity index (χ2n) is 5.71. The summed E-state index contributed by atoms with van der Waals surface area (Å²) < 4.78 is 10.5. The van der Waals surface area contributed by atoms with Crippen molar-refractivity contribution in [2.75, 3.05) is 19.0 Å². The Bertz CT molecular complexity index is 483. The first-order chi connectivity index (χ1) is 9.76. The van der Waals surface area contributed by atoms with Gasteiger partial charge in [-0.15, -0.1) is 0 Å². The van der Waals surface area contributed by atoms with Gasteiger partial charge in [-0.25, -0.2) is 4.79 Å². The molecule has 0 saturated heterocycles. The van der Waals surface area contributed by atoms with Crippen molar-refractivity contribution in [3.63, 3.8) is 0 Å². The van der Waals surface area contributed by atoms with E-state index >= 15 is 0 Å². The molecule has 0 heterocycles. The fourth-order valence-corrected chi connectivity index (χ4v) is 1.76. The normalized spacial score (nSPS) is 12.7. The molecule has 0 radical (unpaired) electrons. The van der Waals surface area contributed by atoms with E-state index in [1.54, 1.807) is 39.0 Å². The number of carbonyl (C=O) groups excluding carboxylic acids is 1. The van der Waals surface area contributed by atoms with Gasteiger partial charge in [0.05, 0.1) is 12.8 Å². The predicted molar refractivity (Wildman–Crippen MR) is 81.5 cm³/mol. The number of hydrogen-bond acceptors (Lipinski definition) is 5. The lowest BCUT2D eigenvalue weighted by Gasteiger charge is -2.20. The molecule has 6 heteroatoms. The van der Waals surface area contributed by atoms with Gasteiger partial charge in [0.2, 0.25) is 0 Å². The van der Waals surface area contributed by atoms with E-state index in [4.69, 9.17) is 20.3 Å². The molecule has 0 fully saturated rings. The van der Waals surface area contributed by atoms with Crippen LogP contribution in [-0.2, 0) is 4.74 Å². The highest BCUT2D eigenvalue weighted by atomic mass is 16.6. The van der Waals surface area contributed by atoms with Crippen molar-refractivity contribution in [2.24, 2.45) is 5.73 Å². The maximum Gasteiger partial charge on any atom is 0.412 e. The summed E-state index contributed by atoms with van der Waals surface area (Å²) in [5.41, 5.74) is 6.70. The Hall–Kier alpha value is -1.79. The molecule has 0 aromatic heterocycles. The van der Waals surface area contributed by atoms with Crippen molar-refractivity contribution in [3.8, 4) is 5.75 Å². The van der Waals surface area contributed by atoms with Crippen LogP contribution in [0.3, 0.4) is 0 Å². The van der Waals surface area contributed by atoms with Crippen LogP contribution in [0.1, 0.15) is 38.8 Å². The molecule has 1 amide bonds. The molecule has 0 saturated carbocycles. The van der Waals surface area contributed by atoms with Gasteiger partial charge in [-0.3, -0.25) is 5.32 Å². The Morgan fingerprint density at radius 1 is 1.43 bits per heavy atom. The molecule has 1 aromatic rings. The van der Waals surface area contributed by atoms with Gasteiger partial charge in [0.25, 0.3) is 0 Å². The molecule has 1 unspecified atom stereocenters. The van der Waals surface area contributed by atoms with Gasteiger partial charge in [-0.2, -0.15) is 0 Å². The molecular weight excluding hydrogens is 272 g/mol. The van der Waals surface area contributed by atoms with Crippen LogP contribution in [0.25, 0.3) is 0 Å². The molecule has 0 spiro atoms. The number of carbonyl (C=O) groups is 1. The highest BCUT2D eigenvalue weighted by molar-refractivity contribution is 5.87. The molecule has 0 aliphatic rings. The molecule has 21 heavy (non-hydrogen) atoms. The summed E-state index contributed by atoms with van der Waals surface area (Å²) in [4.78, 5) is 11.8. The minimum atomic E-state index is -0.569. The van der Waals surface area contributed by atoms with Gasteiger partial charge in [0.1, 0.15) is 11.4 Å². The Balaban J connectivity index is 2.86. The van der Waals surface area contributed by atoms with E-state index < -0.39 is 11.7 Å². The standard InChI is InChI=1S/C15H24N2O4/c1-15(2,3)21-14(19)17-12-6-5-10(9-13(12)20-4)11(16)7-8-18/h5-6,9,11,18H,7-8,16H2,1-4H3,(H,17,19). The second-order valence-corrected chi connectivity index (χ2v) is 5.71. The molecule has 0 aliphatic heterocycles. The zero-order valence-electron chi connectivity index (χ0n) is 13.0. The number of rotatable bonds is 5. The third-order valence-corrected chi connectivity index (χ3v) is 2.73. The fraction of sp³-hybridized carbons (Fsp3) is 0.533. The first kappa shape index (κ1) is 17.3. The number of ether oxygens (including phenoxy) is 2. The molecule has 6 nitrogen and oxygen atoms in total. The maximum absolute atomic E-state index is 11.8. The lowest BCUT2D eigenvalue weighted by molar-refractivity contribution is 0.0635. The zero-order chi connectivity index (χ0) is 16.0. The smallest absolute Gasteiger partial charge is 0.412 e. The topological polar surface area (TPSA) is 93.8 Å². The zero-order valence-corrected chi connectivity index (χ0v) is 13.0. The number of nitrogens with one attached hydrogen (secondary N) is 1. The second kappa shape index (κ2) is 7.28. The highest BCUT2D eigenvalue weighted by Crippen LogP contribution is 2.29. The van der Waals surface area contributed by atoms with Gasteiger partial charge >= 0.3 is 6.09 Å². The van der Waals surface area contributed by atoms with Crippen LogP contribution in [0.15, 0.2) is 18.2 Å². The Morgan fingerprint density at radius 3 is 2.62 bits per heavy atom. The summed E-state index contributed by atoms with van der Waals surface area (Å²) in [6.45, 7) is 5.39. The van der Waals surface area contributed by atoms with Crippen LogP contribution < -0.4 is 15.8 Å². The molecule has 4 N–H and O–H groups in total. The van der Waals surface area contributed by atoms with E-state index in [1.165, 1.54) is 7.11 Å². The molecule has 1 atom stereocenters. The number of hydrogen-bond donors (Lipinski definition) is 3. The SMILES string of the molecule is COc1cc(C(N)CCO)ccc1NC(=O)OC(C)(C)C. The fourth-order valence-electron chi connectivity index (χ4n) is 1.76. The molecule has 0 bridgehead atoms. The minimum Gasteiger partial charge on any atom is -0.495 e. The third kappa shape index (κ3) is 5.61. The van der Waals surface area contributed by atoms with E-state index in [0.29, 0.717) is 17.9 Å². The summed E-state index contributed by atoms with van der Waals surface area (Å²) in [5, 5.41) is 11.6. The molecule has 0 aliphatic carbocycles. The van der Waals surface area contributed by atoms with Crippen molar-refractivity contribution in [1.29, 1.82) is 0 Å². The monoisotopic (exact) mass is 296 g/mol. The van der Waals surface area contributed by atoms with Crippen LogP contribution in [-0.4, -0.2) is 30.5 Å². The molecule has 1 aromatic carbocycles. The van der Waals surface area contributed by atoms with Crippen LogP contribution in [0, 0.1) is 0 Å². The maximum atomic E-state index is 11.8. The number of aliphatic hydroxyl groups is 1. The van der Waals surface area contributed by atoms with Crippen LogP contribution in [0.2, 0.25) is 0 Å². The lowest BCUT2D eigenvalue weighted by Crippen LogP contribution is -2.27. The van der Waals surface area contributed by atoms with E-state index in [-0.39, 0.29) is 12.6 Å². The molecule has 1 rings (SSSR count). The van der Waals surface area contributed by atoms with E-state index in [0.717, 1.165) is 5.56 Å². The first-order valence-corrected chi connectivity index (χ1v) is 6.81. The summed E-state index contributed by atoms with van der Waals surface area (Å²) in [5.74, 6) is 0.492. The largest absolute Gasteiger partial charge is 0.495 e. The quantitative estimate of drug-likeness (QED) is 0.776. The summed E-state index contributed by atoms with van der Waals surface area (Å²) in [7, 11) is 1.51. The van der Waals surface area contributed by atoms with E-state index in [9.17, 15) is 4.79 Å². The van der Waals surface area contributed by atoms with Crippen molar-refractivity contribution in [1.82, 2.24) is 0 Å². The van der Waals surface area contributed by atoms with Gasteiger partial charge in [0, 0.05) is 12.6 Å². The predicted octanol–water partition coefficient (Wildman–Crippen LogP) is 2.42. The van der Waals surface area contributed by atoms with E-state index in [2.05, 4.69) is 5.32 Å². The average molecular weight is 296 g/mol. The van der Waals surface area contributed by atoms with Crippen molar-refractivity contribution in [3.05, 3.63) is 23.8 Å². The Morgan fingerprint density at radius 2 is 2.10 bits per heavy atom. The lowest BCUT2D eigenvalue weighted by atomic mass is 10.0. The number of nitrogens with two attached hydrogens (primary N) is 1. The number of anilines is 1. The van der Waals surface area contributed by atoms with Gasteiger partial charge < -0.3 is 20.3 Å². The van der Waals surface area contributed by atoms with Crippen LogP contribution in [0.5, 0.6) is 5.75 Å². The van der Waals surface area contributed by atoms with Crippen molar-refractivity contribution >= 4 is 11.8 Å². The number of benzene rings is 1. The summed E-state index contributed by atoms with van der Waals surface area (Å²) in [6.07, 6.45) is -0.0876. The minimum absolute atomic E-state index is 0.0153. The van der Waals surface area contributed by atoms with E-state index in [1.807, 2.05) is 0 Å². The Labute approximate surface area is 125 Å². The van der Waals surface area contributed by atoms with Gasteiger partial charge in [-0.1, -0.05) is 6.07 Å².